The van der Waals surface area contributed by atoms with Crippen molar-refractivity contribution in [3.63, 3.8) is 0 Å². The van der Waals surface area contributed by atoms with Crippen molar-refractivity contribution in [2.45, 2.75) is 0 Å². The summed E-state index contributed by atoms with van der Waals surface area (Å²) >= 11 is 5.75. The van der Waals surface area contributed by atoms with Crippen molar-refractivity contribution in [2.24, 2.45) is 0 Å². The summed E-state index contributed by atoms with van der Waals surface area (Å²) in [4.78, 5) is 11.8. The van der Waals surface area contributed by atoms with Crippen molar-refractivity contribution in [3.05, 3.63) is 58.9 Å². The van der Waals surface area contributed by atoms with Crippen LogP contribution in [0.25, 0.3) is 0 Å². The third-order valence-corrected chi connectivity index (χ3v) is 2.55. The molecule has 0 fully saturated rings. The minimum absolute atomic E-state index is 0.248. The number of nitrogens with one attached hydrogen (secondary N) is 1. The van der Waals surface area contributed by atoms with E-state index in [1.54, 1.807) is 18.2 Å². The number of aromatic hydroxyl groups is 1. The lowest BCUT2D eigenvalue weighted by molar-refractivity contribution is 0.102. The average Bonchev–Trinajstić information content (AvgIpc) is 2.34. The number of hydrogen-bond acceptors (Lipinski definition) is 2. The van der Waals surface area contributed by atoms with Crippen LogP contribution in [-0.2, 0) is 0 Å². The number of halogens is 2. The summed E-state index contributed by atoms with van der Waals surface area (Å²) in [5, 5.41) is 12.2. The number of phenolic OH excluding ortho intramolecular Hbond substituents is 1. The highest BCUT2D eigenvalue weighted by Gasteiger charge is 2.12. The molecule has 0 bridgehead atoms. The third-order valence-electron chi connectivity index (χ3n) is 2.32. The average molecular weight is 266 g/mol. The normalized spacial score (nSPS) is 10.1. The van der Waals surface area contributed by atoms with Gasteiger partial charge in [0.05, 0.1) is 0 Å². The minimum atomic E-state index is -0.703. The zero-order valence-electron chi connectivity index (χ0n) is 9.15. The smallest absolute Gasteiger partial charge is 0.255 e. The van der Waals surface area contributed by atoms with Crippen LogP contribution in [0.1, 0.15) is 10.4 Å². The molecular weight excluding hydrogens is 257 g/mol. The summed E-state index contributed by atoms with van der Waals surface area (Å²) in [5.41, 5.74) is 0.0348. The summed E-state index contributed by atoms with van der Waals surface area (Å²) < 4.78 is 13.4. The van der Waals surface area contributed by atoms with Gasteiger partial charge < -0.3 is 10.4 Å². The predicted octanol–water partition coefficient (Wildman–Crippen LogP) is 3.44. The lowest BCUT2D eigenvalue weighted by atomic mass is 10.2. The van der Waals surface area contributed by atoms with Crippen LogP contribution in [0.3, 0.4) is 0 Å². The second kappa shape index (κ2) is 5.06. The van der Waals surface area contributed by atoms with E-state index in [1.807, 2.05) is 0 Å². The number of para-hydroxylation sites is 1. The number of anilines is 1. The van der Waals surface area contributed by atoms with Crippen LogP contribution in [0.15, 0.2) is 42.5 Å². The molecule has 2 N–H and O–H groups in total. The lowest BCUT2D eigenvalue weighted by Crippen LogP contribution is -2.13. The summed E-state index contributed by atoms with van der Waals surface area (Å²) in [6.07, 6.45) is 0. The van der Waals surface area contributed by atoms with Crippen molar-refractivity contribution >= 4 is 23.2 Å². The van der Waals surface area contributed by atoms with E-state index in [0.29, 0.717) is 5.02 Å². The van der Waals surface area contributed by atoms with Crippen molar-refractivity contribution in [1.82, 2.24) is 0 Å². The second-order valence-corrected chi connectivity index (χ2v) is 4.03. The van der Waals surface area contributed by atoms with Gasteiger partial charge in [0.25, 0.3) is 5.91 Å². The standard InChI is InChI=1S/C13H9ClFNO2/c14-9-4-1-3-8(7-9)13(18)16-12-10(15)5-2-6-11(12)17/h1-7,17H,(H,16,18). The molecule has 0 atom stereocenters. The first-order valence-corrected chi connectivity index (χ1v) is 5.50. The fourth-order valence-electron chi connectivity index (χ4n) is 1.45. The summed E-state index contributed by atoms with van der Waals surface area (Å²) in [7, 11) is 0. The lowest BCUT2D eigenvalue weighted by Gasteiger charge is -2.08. The third kappa shape index (κ3) is 2.60. The Morgan fingerprint density at radius 1 is 1.22 bits per heavy atom. The van der Waals surface area contributed by atoms with Gasteiger partial charge in [0.2, 0.25) is 0 Å². The van der Waals surface area contributed by atoms with E-state index in [2.05, 4.69) is 5.32 Å². The molecule has 0 heterocycles. The maximum atomic E-state index is 13.4. The van der Waals surface area contributed by atoms with E-state index in [4.69, 9.17) is 11.6 Å². The maximum Gasteiger partial charge on any atom is 0.255 e. The van der Waals surface area contributed by atoms with E-state index < -0.39 is 11.7 Å². The molecular formula is C13H9ClFNO2. The van der Waals surface area contributed by atoms with Gasteiger partial charge in [0.15, 0.2) is 5.82 Å². The maximum absolute atomic E-state index is 13.4. The zero-order chi connectivity index (χ0) is 13.1. The Balaban J connectivity index is 2.27. The Morgan fingerprint density at radius 2 is 1.94 bits per heavy atom. The molecule has 3 nitrogen and oxygen atoms in total. The number of carbonyl (C=O) groups excluding carboxylic acids is 1. The first kappa shape index (κ1) is 12.4. The van der Waals surface area contributed by atoms with E-state index >= 15 is 0 Å². The molecule has 0 spiro atoms. The van der Waals surface area contributed by atoms with Crippen LogP contribution in [0.4, 0.5) is 10.1 Å². The zero-order valence-corrected chi connectivity index (χ0v) is 9.91. The topological polar surface area (TPSA) is 49.3 Å². The van der Waals surface area contributed by atoms with Gasteiger partial charge in [-0.25, -0.2) is 4.39 Å². The monoisotopic (exact) mass is 265 g/mol. The van der Waals surface area contributed by atoms with E-state index in [1.165, 1.54) is 18.2 Å². The molecule has 1 amide bonds. The number of carbonyl (C=O) groups is 1. The van der Waals surface area contributed by atoms with Gasteiger partial charge in [-0.05, 0) is 30.3 Å². The van der Waals surface area contributed by atoms with E-state index in [0.717, 1.165) is 6.07 Å². The Labute approximate surface area is 108 Å². The van der Waals surface area contributed by atoms with Crippen LogP contribution in [0.5, 0.6) is 5.75 Å². The molecule has 0 aliphatic carbocycles. The molecule has 2 aromatic carbocycles. The highest BCUT2D eigenvalue weighted by molar-refractivity contribution is 6.31. The van der Waals surface area contributed by atoms with Gasteiger partial charge in [0, 0.05) is 10.6 Å². The Bertz CT molecular complexity index is 581. The highest BCUT2D eigenvalue weighted by Crippen LogP contribution is 2.26. The van der Waals surface area contributed by atoms with Crippen LogP contribution >= 0.6 is 11.6 Å². The summed E-state index contributed by atoms with van der Waals surface area (Å²) in [5.74, 6) is -1.58. The molecule has 2 aromatic rings. The molecule has 0 radical (unpaired) electrons. The Kier molecular flexibility index (Phi) is 3.48. The predicted molar refractivity (Wildman–Crippen MR) is 67.5 cm³/mol. The van der Waals surface area contributed by atoms with Crippen LogP contribution < -0.4 is 5.32 Å². The SMILES string of the molecule is O=C(Nc1c(O)cccc1F)c1cccc(Cl)c1. The molecule has 0 saturated heterocycles. The van der Waals surface area contributed by atoms with E-state index in [9.17, 15) is 14.3 Å². The number of rotatable bonds is 2. The summed E-state index contributed by atoms with van der Waals surface area (Å²) in [6, 6.07) is 10.0. The number of benzene rings is 2. The van der Waals surface area contributed by atoms with Crippen molar-refractivity contribution < 1.29 is 14.3 Å². The minimum Gasteiger partial charge on any atom is -0.506 e. The summed E-state index contributed by atoms with van der Waals surface area (Å²) in [6.45, 7) is 0. The van der Waals surface area contributed by atoms with Gasteiger partial charge >= 0.3 is 0 Å². The van der Waals surface area contributed by atoms with Gasteiger partial charge in [-0.3, -0.25) is 4.79 Å². The van der Waals surface area contributed by atoms with Crippen LogP contribution in [0.2, 0.25) is 5.02 Å². The number of hydrogen-bond donors (Lipinski definition) is 2. The van der Waals surface area contributed by atoms with Gasteiger partial charge in [-0.2, -0.15) is 0 Å². The van der Waals surface area contributed by atoms with Crippen molar-refractivity contribution in [3.8, 4) is 5.75 Å². The molecule has 5 heteroatoms. The van der Waals surface area contributed by atoms with Crippen LogP contribution in [-0.4, -0.2) is 11.0 Å². The van der Waals surface area contributed by atoms with Gasteiger partial charge in [-0.15, -0.1) is 0 Å². The molecule has 18 heavy (non-hydrogen) atoms. The Hall–Kier alpha value is -2.07. The molecule has 2 rings (SSSR count). The van der Waals surface area contributed by atoms with E-state index in [-0.39, 0.29) is 17.0 Å². The second-order valence-electron chi connectivity index (χ2n) is 3.60. The first-order chi connectivity index (χ1) is 8.58. The first-order valence-electron chi connectivity index (χ1n) is 5.12. The molecule has 0 aliphatic heterocycles. The molecule has 0 aliphatic rings. The largest absolute Gasteiger partial charge is 0.506 e. The van der Waals surface area contributed by atoms with Gasteiger partial charge in [0.1, 0.15) is 11.4 Å². The number of phenols is 1. The Morgan fingerprint density at radius 3 is 2.61 bits per heavy atom. The van der Waals surface area contributed by atoms with Gasteiger partial charge in [-0.1, -0.05) is 23.7 Å². The van der Waals surface area contributed by atoms with Crippen molar-refractivity contribution in [2.75, 3.05) is 5.32 Å². The quantitative estimate of drug-likeness (QED) is 0.817. The highest BCUT2D eigenvalue weighted by atomic mass is 35.5. The molecule has 92 valence electrons. The van der Waals surface area contributed by atoms with Crippen LogP contribution in [0, 0.1) is 5.82 Å². The molecule has 0 aromatic heterocycles. The number of amides is 1. The molecule has 0 unspecified atom stereocenters. The fourth-order valence-corrected chi connectivity index (χ4v) is 1.64. The fraction of sp³-hybridized carbons (Fsp3) is 0. The molecule has 0 saturated carbocycles. The van der Waals surface area contributed by atoms with Crippen molar-refractivity contribution in [1.29, 1.82) is 0 Å².